The van der Waals surface area contributed by atoms with Gasteiger partial charge in [-0.2, -0.15) is 0 Å². The van der Waals surface area contributed by atoms with Crippen molar-refractivity contribution in [3.8, 4) is 0 Å². The van der Waals surface area contributed by atoms with Gasteiger partial charge < -0.3 is 5.11 Å². The van der Waals surface area contributed by atoms with E-state index in [4.69, 9.17) is 5.11 Å². The molecule has 3 heteroatoms. The first-order chi connectivity index (χ1) is 13.7. The van der Waals surface area contributed by atoms with Crippen molar-refractivity contribution in [3.63, 3.8) is 0 Å². The van der Waals surface area contributed by atoms with E-state index in [-0.39, 0.29) is 5.78 Å². The minimum Gasteiger partial charge on any atom is -0.481 e. The van der Waals surface area contributed by atoms with Gasteiger partial charge in [0.15, 0.2) is 5.78 Å². The summed E-state index contributed by atoms with van der Waals surface area (Å²) in [5.74, 6) is -0.390. The van der Waals surface area contributed by atoms with Gasteiger partial charge in [0.25, 0.3) is 0 Å². The third kappa shape index (κ3) is 14.4. The molecule has 28 heavy (non-hydrogen) atoms. The van der Waals surface area contributed by atoms with Gasteiger partial charge in [-0.25, -0.2) is 0 Å². The number of benzene rings is 1. The average molecular weight is 389 g/mol. The van der Waals surface area contributed by atoms with Crippen LogP contribution >= 0.6 is 0 Å². The molecule has 0 saturated heterocycles. The van der Waals surface area contributed by atoms with E-state index in [1.54, 1.807) is 0 Å². The van der Waals surface area contributed by atoms with Crippen molar-refractivity contribution in [1.82, 2.24) is 0 Å². The van der Waals surface area contributed by atoms with Crippen LogP contribution in [-0.2, 0) is 4.79 Å². The molecule has 0 aliphatic heterocycles. The third-order valence-corrected chi connectivity index (χ3v) is 5.39. The zero-order valence-corrected chi connectivity index (χ0v) is 17.7. The van der Waals surface area contributed by atoms with Crippen LogP contribution in [0.3, 0.4) is 0 Å². The zero-order valence-electron chi connectivity index (χ0n) is 17.7. The molecule has 0 bridgehead atoms. The van der Waals surface area contributed by atoms with Crippen LogP contribution in [0.4, 0.5) is 0 Å². The van der Waals surface area contributed by atoms with Crippen LogP contribution in [0.15, 0.2) is 30.3 Å². The summed E-state index contributed by atoms with van der Waals surface area (Å²) in [6.45, 7) is 0. The first kappa shape index (κ1) is 24.4. The predicted molar refractivity (Wildman–Crippen MR) is 117 cm³/mol. The number of hydrogen-bond donors (Lipinski definition) is 1. The van der Waals surface area contributed by atoms with Gasteiger partial charge in [-0.05, 0) is 12.8 Å². The lowest BCUT2D eigenvalue weighted by Crippen LogP contribution is -1.98. The van der Waals surface area contributed by atoms with Crippen molar-refractivity contribution < 1.29 is 14.7 Å². The highest BCUT2D eigenvalue weighted by Gasteiger charge is 2.04. The maximum absolute atomic E-state index is 12.0. The summed E-state index contributed by atoms with van der Waals surface area (Å²) in [6, 6.07) is 9.62. The lowest BCUT2D eigenvalue weighted by molar-refractivity contribution is -0.137. The molecule has 0 atom stereocenters. The number of Topliss-reactive ketones (excluding diaryl/α,β-unsaturated/α-hetero) is 1. The molecule has 0 aromatic heterocycles. The van der Waals surface area contributed by atoms with Crippen LogP contribution in [0, 0.1) is 0 Å². The third-order valence-electron chi connectivity index (χ3n) is 5.39. The quantitative estimate of drug-likeness (QED) is 0.196. The number of carbonyl (C=O) groups is 2. The molecule has 0 unspecified atom stereocenters. The molecule has 0 saturated carbocycles. The topological polar surface area (TPSA) is 54.4 Å². The van der Waals surface area contributed by atoms with Gasteiger partial charge in [0, 0.05) is 18.4 Å². The Hall–Kier alpha value is -1.64. The molecule has 1 rings (SSSR count). The largest absolute Gasteiger partial charge is 0.481 e. The van der Waals surface area contributed by atoms with E-state index in [2.05, 4.69) is 0 Å². The Morgan fingerprint density at radius 3 is 1.29 bits per heavy atom. The molecule has 0 fully saturated rings. The number of carboxylic acids is 1. The number of unbranched alkanes of at least 4 members (excludes halogenated alkanes) is 14. The van der Waals surface area contributed by atoms with Gasteiger partial charge in [0.1, 0.15) is 0 Å². The summed E-state index contributed by atoms with van der Waals surface area (Å²) in [7, 11) is 0. The lowest BCUT2D eigenvalue weighted by atomic mass is 10.0. The van der Waals surface area contributed by atoms with Crippen LogP contribution in [0.5, 0.6) is 0 Å². The Labute approximate surface area is 171 Å². The number of hydrogen-bond acceptors (Lipinski definition) is 2. The van der Waals surface area contributed by atoms with Gasteiger partial charge >= 0.3 is 5.97 Å². The number of carboxylic acid groups (broad SMARTS) is 1. The highest BCUT2D eigenvalue weighted by Crippen LogP contribution is 2.14. The summed E-state index contributed by atoms with van der Waals surface area (Å²) in [5, 5.41) is 8.58. The predicted octanol–water partition coefficient (Wildman–Crippen LogP) is 7.59. The summed E-state index contributed by atoms with van der Waals surface area (Å²) in [4.78, 5) is 22.4. The molecule has 0 heterocycles. The first-order valence-electron chi connectivity index (χ1n) is 11.5. The van der Waals surface area contributed by atoms with Gasteiger partial charge in [-0.15, -0.1) is 0 Å². The van der Waals surface area contributed by atoms with Crippen molar-refractivity contribution in [3.05, 3.63) is 35.9 Å². The maximum Gasteiger partial charge on any atom is 0.303 e. The Kier molecular flexibility index (Phi) is 15.2. The summed E-state index contributed by atoms with van der Waals surface area (Å²) < 4.78 is 0. The van der Waals surface area contributed by atoms with Gasteiger partial charge in [-0.1, -0.05) is 114 Å². The lowest BCUT2D eigenvalue weighted by Gasteiger charge is -2.04. The standard InChI is InChI=1S/C25H40O3/c26-24(23-19-15-14-16-20-23)21-17-12-10-8-6-4-2-1-3-5-7-9-11-13-18-22-25(27)28/h14-16,19-20H,1-13,17-18,21-22H2,(H,27,28). The number of aliphatic carboxylic acids is 1. The van der Waals surface area contributed by atoms with Crippen LogP contribution in [0.25, 0.3) is 0 Å². The van der Waals surface area contributed by atoms with Gasteiger partial charge in [-0.3, -0.25) is 9.59 Å². The monoisotopic (exact) mass is 388 g/mol. The van der Waals surface area contributed by atoms with Gasteiger partial charge in [0.2, 0.25) is 0 Å². The fourth-order valence-corrected chi connectivity index (χ4v) is 3.63. The normalized spacial score (nSPS) is 10.9. The molecule has 0 amide bonds. The minimum atomic E-state index is -0.668. The van der Waals surface area contributed by atoms with E-state index in [1.807, 2.05) is 30.3 Å². The molecule has 1 aromatic rings. The molecular formula is C25H40O3. The Balaban J connectivity index is 1.75. The number of rotatable bonds is 19. The van der Waals surface area contributed by atoms with Crippen LogP contribution < -0.4 is 0 Å². The molecule has 0 radical (unpaired) electrons. The summed E-state index contributed by atoms with van der Waals surface area (Å²) in [6.07, 6.45) is 19.4. The van der Waals surface area contributed by atoms with Crippen molar-refractivity contribution >= 4 is 11.8 Å². The van der Waals surface area contributed by atoms with E-state index in [0.717, 1.165) is 24.8 Å². The Morgan fingerprint density at radius 2 is 0.893 bits per heavy atom. The minimum absolute atomic E-state index is 0.279. The average Bonchev–Trinajstić information content (AvgIpc) is 2.70. The van der Waals surface area contributed by atoms with Crippen molar-refractivity contribution in [2.45, 2.75) is 109 Å². The molecule has 0 aliphatic carbocycles. The smallest absolute Gasteiger partial charge is 0.303 e. The number of carbonyl (C=O) groups excluding carboxylic acids is 1. The molecule has 0 aliphatic rings. The molecule has 158 valence electrons. The highest BCUT2D eigenvalue weighted by molar-refractivity contribution is 5.95. The summed E-state index contributed by atoms with van der Waals surface area (Å²) >= 11 is 0. The maximum atomic E-state index is 12.0. The second kappa shape index (κ2) is 17.5. The van der Waals surface area contributed by atoms with E-state index in [9.17, 15) is 9.59 Å². The molecule has 1 N–H and O–H groups in total. The molecular weight excluding hydrogens is 348 g/mol. The van der Waals surface area contributed by atoms with Crippen molar-refractivity contribution in [2.75, 3.05) is 0 Å². The second-order valence-corrected chi connectivity index (χ2v) is 7.99. The van der Waals surface area contributed by atoms with Crippen LogP contribution in [0.2, 0.25) is 0 Å². The van der Waals surface area contributed by atoms with Crippen LogP contribution in [-0.4, -0.2) is 16.9 Å². The first-order valence-corrected chi connectivity index (χ1v) is 11.5. The number of ketones is 1. The van der Waals surface area contributed by atoms with E-state index < -0.39 is 5.97 Å². The van der Waals surface area contributed by atoms with E-state index in [1.165, 1.54) is 77.0 Å². The zero-order chi connectivity index (χ0) is 20.3. The highest BCUT2D eigenvalue weighted by atomic mass is 16.4. The Morgan fingerprint density at radius 1 is 0.536 bits per heavy atom. The van der Waals surface area contributed by atoms with Crippen LogP contribution in [0.1, 0.15) is 120 Å². The fraction of sp³-hybridized carbons (Fsp3) is 0.680. The SMILES string of the molecule is O=C(O)CCCCCCCCCCCCCCCCCC(=O)c1ccccc1. The molecule has 0 spiro atoms. The molecule has 3 nitrogen and oxygen atoms in total. The Bertz CT molecular complexity index is 510. The molecule has 1 aromatic carbocycles. The van der Waals surface area contributed by atoms with Crippen molar-refractivity contribution in [1.29, 1.82) is 0 Å². The van der Waals surface area contributed by atoms with Crippen molar-refractivity contribution in [2.24, 2.45) is 0 Å². The van der Waals surface area contributed by atoms with Gasteiger partial charge in [0.05, 0.1) is 0 Å². The van der Waals surface area contributed by atoms with E-state index in [0.29, 0.717) is 12.8 Å². The second-order valence-electron chi connectivity index (χ2n) is 7.99. The summed E-state index contributed by atoms with van der Waals surface area (Å²) in [5.41, 5.74) is 0.848. The van der Waals surface area contributed by atoms with E-state index >= 15 is 0 Å². The fourth-order valence-electron chi connectivity index (χ4n) is 3.63.